The summed E-state index contributed by atoms with van der Waals surface area (Å²) in [7, 11) is -2.26. The number of rotatable bonds is 12. The van der Waals surface area contributed by atoms with Crippen molar-refractivity contribution in [2.24, 2.45) is 5.92 Å². The van der Waals surface area contributed by atoms with E-state index in [1.54, 1.807) is 24.3 Å². The average molecular weight is 673 g/mol. The third-order valence-corrected chi connectivity index (χ3v) is 12.5. The highest BCUT2D eigenvalue weighted by Crippen LogP contribution is 2.37. The number of hydrogen-bond acceptors (Lipinski definition) is 8. The average Bonchev–Trinajstić information content (AvgIpc) is 3.36. The van der Waals surface area contributed by atoms with Crippen LogP contribution in [0.3, 0.4) is 0 Å². The van der Waals surface area contributed by atoms with Crippen LogP contribution in [0.4, 0.5) is 0 Å². The minimum atomic E-state index is -3.70. The van der Waals surface area contributed by atoms with E-state index < -0.39 is 27.7 Å². The number of likely N-dealkylation sites (tertiary alicyclic amines) is 1. The molecule has 13 heteroatoms. The Kier molecular flexibility index (Phi) is 11.1. The first-order valence-electron chi connectivity index (χ1n) is 17.2. The molecule has 0 bridgehead atoms. The molecule has 3 aliphatic rings. The summed E-state index contributed by atoms with van der Waals surface area (Å²) in [5.41, 5.74) is 2.73. The SMILES string of the molecule is CCCCN1C(=O)C(C(O)C2CCCCC2)NC(=O)C12CCN(Cc1c(C)nn(-c3ccc(S(=O)(=O)N(C)CCO)cc3)c1C)CC2. The lowest BCUT2D eigenvalue weighted by atomic mass is 9.78. The van der Waals surface area contributed by atoms with E-state index in [9.17, 15) is 23.1 Å². The lowest BCUT2D eigenvalue weighted by Gasteiger charge is -2.52. The summed E-state index contributed by atoms with van der Waals surface area (Å²) in [6.07, 6.45) is 6.93. The van der Waals surface area contributed by atoms with Crippen molar-refractivity contribution in [2.45, 2.75) is 108 Å². The zero-order chi connectivity index (χ0) is 33.9. The molecule has 2 atom stereocenters. The third-order valence-electron chi connectivity index (χ3n) is 10.7. The number of sulfonamides is 1. The number of benzene rings is 1. The zero-order valence-corrected chi connectivity index (χ0v) is 29.1. The van der Waals surface area contributed by atoms with Crippen LogP contribution in [0.15, 0.2) is 29.2 Å². The molecule has 12 nitrogen and oxygen atoms in total. The van der Waals surface area contributed by atoms with E-state index in [1.165, 1.54) is 7.05 Å². The number of nitrogens with one attached hydrogen (secondary N) is 1. The Morgan fingerprint density at radius 1 is 1.09 bits per heavy atom. The number of amides is 2. The van der Waals surface area contributed by atoms with Gasteiger partial charge < -0.3 is 20.4 Å². The number of piperazine rings is 1. The van der Waals surface area contributed by atoms with Gasteiger partial charge in [0.25, 0.3) is 0 Å². The van der Waals surface area contributed by atoms with Crippen molar-refractivity contribution in [3.05, 3.63) is 41.2 Å². The molecular formula is C34H52N6O6S. The van der Waals surface area contributed by atoms with Crippen LogP contribution in [0, 0.1) is 19.8 Å². The number of carbonyl (C=O) groups excluding carboxylic acids is 2. The number of piperidine rings is 1. The standard InChI is InChI=1S/C34H52N6O6S/c1-5-6-18-39-32(43)30(31(42)26-10-8-7-9-11-26)35-33(44)34(39)16-19-38(20-17-34)23-29-24(2)36-40(25(29)3)27-12-14-28(15-13-27)47(45,46)37(4)21-22-41/h12-15,26,30-31,41-42H,5-11,16-23H2,1-4H3,(H,35,44). The zero-order valence-electron chi connectivity index (χ0n) is 28.3. The van der Waals surface area contributed by atoms with Gasteiger partial charge in [-0.05, 0) is 76.1 Å². The van der Waals surface area contributed by atoms with Gasteiger partial charge in [0.15, 0.2) is 0 Å². The Labute approximate surface area is 279 Å². The monoisotopic (exact) mass is 672 g/mol. The first-order chi connectivity index (χ1) is 22.4. The van der Waals surface area contributed by atoms with Gasteiger partial charge in [-0.2, -0.15) is 9.40 Å². The number of aryl methyl sites for hydroxylation is 1. The number of likely N-dealkylation sites (N-methyl/N-ethyl adjacent to an activating group) is 1. The Balaban J connectivity index is 1.28. The third kappa shape index (κ3) is 7.01. The number of carbonyl (C=O) groups is 2. The first kappa shape index (κ1) is 35.5. The van der Waals surface area contributed by atoms with Gasteiger partial charge in [-0.15, -0.1) is 0 Å². The van der Waals surface area contributed by atoms with Gasteiger partial charge in [0, 0.05) is 51.0 Å². The molecule has 260 valence electrons. The number of hydrogen-bond donors (Lipinski definition) is 3. The van der Waals surface area contributed by atoms with Gasteiger partial charge >= 0.3 is 0 Å². The molecule has 47 heavy (non-hydrogen) atoms. The van der Waals surface area contributed by atoms with E-state index in [4.69, 9.17) is 10.2 Å². The predicted molar refractivity (Wildman–Crippen MR) is 178 cm³/mol. The van der Waals surface area contributed by atoms with Crippen LogP contribution in [0.1, 0.15) is 81.7 Å². The molecule has 3 fully saturated rings. The van der Waals surface area contributed by atoms with E-state index in [-0.39, 0.29) is 35.8 Å². The summed E-state index contributed by atoms with van der Waals surface area (Å²) in [6, 6.07) is 5.69. The van der Waals surface area contributed by atoms with Crippen LogP contribution in [0.2, 0.25) is 0 Å². The second-order valence-corrected chi connectivity index (χ2v) is 15.6. The van der Waals surface area contributed by atoms with E-state index in [0.717, 1.165) is 71.9 Å². The van der Waals surface area contributed by atoms with Crippen LogP contribution in [0.5, 0.6) is 0 Å². The smallest absolute Gasteiger partial charge is 0.248 e. The maximum absolute atomic E-state index is 14.0. The summed E-state index contributed by atoms with van der Waals surface area (Å²) in [5, 5.41) is 28.2. The summed E-state index contributed by atoms with van der Waals surface area (Å²) in [5.74, 6) is -0.240. The molecule has 3 heterocycles. The Hall–Kier alpha value is -2.84. The fraction of sp³-hybridized carbons (Fsp3) is 0.676. The number of aliphatic hydroxyl groups excluding tert-OH is 2. The molecule has 2 aliphatic heterocycles. The van der Waals surface area contributed by atoms with Crippen molar-refractivity contribution < 1.29 is 28.2 Å². The van der Waals surface area contributed by atoms with Crippen molar-refractivity contribution in [2.75, 3.05) is 39.8 Å². The van der Waals surface area contributed by atoms with Crippen molar-refractivity contribution in [1.29, 1.82) is 0 Å². The quantitative estimate of drug-likeness (QED) is 0.312. The molecule has 1 saturated carbocycles. The van der Waals surface area contributed by atoms with Crippen LogP contribution in [-0.4, -0.2) is 112 Å². The minimum absolute atomic E-state index is 0.0182. The molecule has 0 radical (unpaired) electrons. The normalized spacial score (nSPS) is 21.9. The van der Waals surface area contributed by atoms with E-state index in [1.807, 2.05) is 23.4 Å². The van der Waals surface area contributed by atoms with Crippen molar-refractivity contribution in [1.82, 2.24) is 29.2 Å². The molecule has 2 amide bonds. The molecule has 5 rings (SSSR count). The van der Waals surface area contributed by atoms with Gasteiger partial charge in [-0.3, -0.25) is 14.5 Å². The van der Waals surface area contributed by atoms with Gasteiger partial charge in [-0.25, -0.2) is 13.1 Å². The molecular weight excluding hydrogens is 620 g/mol. The highest BCUT2D eigenvalue weighted by Gasteiger charge is 2.55. The van der Waals surface area contributed by atoms with Gasteiger partial charge in [0.05, 0.1) is 29.0 Å². The fourth-order valence-electron chi connectivity index (χ4n) is 7.62. The molecule has 1 aromatic carbocycles. The summed E-state index contributed by atoms with van der Waals surface area (Å²) < 4.78 is 28.5. The summed E-state index contributed by atoms with van der Waals surface area (Å²) in [4.78, 5) is 32.1. The van der Waals surface area contributed by atoms with E-state index in [2.05, 4.69) is 17.1 Å². The second-order valence-electron chi connectivity index (χ2n) is 13.6. The van der Waals surface area contributed by atoms with Crippen molar-refractivity contribution in [3.8, 4) is 5.69 Å². The number of unbranched alkanes of at least 4 members (excludes halogenated alkanes) is 1. The second kappa shape index (κ2) is 14.7. The molecule has 2 aromatic rings. The molecule has 2 saturated heterocycles. The number of nitrogens with zero attached hydrogens (tertiary/aromatic N) is 5. The molecule has 3 N–H and O–H groups in total. The summed E-state index contributed by atoms with van der Waals surface area (Å²) >= 11 is 0. The highest BCUT2D eigenvalue weighted by molar-refractivity contribution is 7.89. The predicted octanol–water partition coefficient (Wildman–Crippen LogP) is 2.50. The van der Waals surface area contributed by atoms with Crippen LogP contribution in [0.25, 0.3) is 5.69 Å². The van der Waals surface area contributed by atoms with Crippen LogP contribution < -0.4 is 5.32 Å². The van der Waals surface area contributed by atoms with Crippen LogP contribution in [-0.2, 0) is 26.2 Å². The maximum atomic E-state index is 14.0. The topological polar surface area (TPSA) is 148 Å². The van der Waals surface area contributed by atoms with Crippen molar-refractivity contribution in [3.63, 3.8) is 0 Å². The Morgan fingerprint density at radius 3 is 2.36 bits per heavy atom. The largest absolute Gasteiger partial charge is 0.395 e. The fourth-order valence-corrected chi connectivity index (χ4v) is 8.78. The van der Waals surface area contributed by atoms with Gasteiger partial charge in [0.2, 0.25) is 21.8 Å². The molecule has 2 unspecified atom stereocenters. The van der Waals surface area contributed by atoms with E-state index >= 15 is 0 Å². The molecule has 1 spiro atoms. The highest BCUT2D eigenvalue weighted by atomic mass is 32.2. The van der Waals surface area contributed by atoms with E-state index in [0.29, 0.717) is 39.0 Å². The molecule has 1 aliphatic carbocycles. The van der Waals surface area contributed by atoms with Gasteiger partial charge in [0.1, 0.15) is 11.6 Å². The van der Waals surface area contributed by atoms with Gasteiger partial charge in [-0.1, -0.05) is 32.6 Å². The Bertz CT molecular complexity index is 1510. The molecule has 1 aromatic heterocycles. The lowest BCUT2D eigenvalue weighted by Crippen LogP contribution is -2.75. The Morgan fingerprint density at radius 2 is 1.74 bits per heavy atom. The van der Waals surface area contributed by atoms with Crippen molar-refractivity contribution >= 4 is 21.8 Å². The lowest BCUT2D eigenvalue weighted by molar-refractivity contribution is -0.166. The number of aliphatic hydroxyl groups is 2. The summed E-state index contributed by atoms with van der Waals surface area (Å²) in [6.45, 7) is 8.23. The first-order valence-corrected chi connectivity index (χ1v) is 18.6. The van der Waals surface area contributed by atoms with Crippen LogP contribution >= 0.6 is 0 Å². The number of aromatic nitrogens is 2. The maximum Gasteiger partial charge on any atom is 0.248 e. The minimum Gasteiger partial charge on any atom is -0.395 e.